The van der Waals surface area contributed by atoms with Crippen LogP contribution < -0.4 is 10.6 Å². The van der Waals surface area contributed by atoms with E-state index in [1.54, 1.807) is 7.05 Å². The molecule has 1 aromatic rings. The molecular weight excluding hydrogens is 236 g/mol. The molecule has 0 aromatic carbocycles. The first-order valence-electron chi connectivity index (χ1n) is 4.41. The molecule has 86 valence electrons. The van der Waals surface area contributed by atoms with Gasteiger partial charge >= 0.3 is 0 Å². The van der Waals surface area contributed by atoms with Gasteiger partial charge in [0.25, 0.3) is 0 Å². The molecule has 7 heteroatoms. The van der Waals surface area contributed by atoms with Crippen LogP contribution in [-0.2, 0) is 4.79 Å². The highest BCUT2D eigenvalue weighted by Gasteiger charge is 2.09. The zero-order chi connectivity index (χ0) is 10.6. The molecule has 1 aromatic heterocycles. The summed E-state index contributed by atoms with van der Waals surface area (Å²) in [4.78, 5) is 11.2. The Morgan fingerprint density at radius 2 is 2.13 bits per heavy atom. The predicted octanol–water partition coefficient (Wildman–Crippen LogP) is 1.24. The van der Waals surface area contributed by atoms with Crippen molar-refractivity contribution in [2.24, 2.45) is 0 Å². The van der Waals surface area contributed by atoms with Gasteiger partial charge in [-0.05, 0) is 7.05 Å². The molecule has 0 bridgehead atoms. The first kappa shape index (κ1) is 14.3. The molecule has 0 saturated carbocycles. The average molecular weight is 251 g/mol. The van der Waals surface area contributed by atoms with Crippen LogP contribution >= 0.6 is 23.7 Å². The fourth-order valence-corrected chi connectivity index (χ4v) is 1.60. The maximum Gasteiger partial charge on any atom is 0.240 e. The van der Waals surface area contributed by atoms with Gasteiger partial charge in [0.1, 0.15) is 5.01 Å². The highest BCUT2D eigenvalue weighted by atomic mass is 35.5. The van der Waals surface area contributed by atoms with Gasteiger partial charge in [0.2, 0.25) is 11.0 Å². The summed E-state index contributed by atoms with van der Waals surface area (Å²) in [5.74, 6) is 0.251. The van der Waals surface area contributed by atoms with Crippen LogP contribution in [0.15, 0.2) is 0 Å². The third kappa shape index (κ3) is 4.55. The Hall–Kier alpha value is -0.720. The molecule has 15 heavy (non-hydrogen) atoms. The van der Waals surface area contributed by atoms with Crippen molar-refractivity contribution in [1.29, 1.82) is 0 Å². The quantitative estimate of drug-likeness (QED) is 0.844. The lowest BCUT2D eigenvalue weighted by Crippen LogP contribution is -2.24. The minimum absolute atomic E-state index is 0. The van der Waals surface area contributed by atoms with E-state index in [0.717, 1.165) is 5.01 Å². The first-order chi connectivity index (χ1) is 6.63. The standard InChI is InChI=1S/C8H14N4OS.ClH/c1-5(2)7-11-12-8(14-7)10-6(13)4-9-3;/h5,9H,4H2,1-3H3,(H,10,12,13);1H. The fraction of sp³-hybridized carbons (Fsp3) is 0.625. The Kier molecular flexibility index (Phi) is 6.38. The van der Waals surface area contributed by atoms with Crippen LogP contribution in [0.4, 0.5) is 5.13 Å². The number of carbonyl (C=O) groups excluding carboxylic acids is 1. The van der Waals surface area contributed by atoms with E-state index in [-0.39, 0.29) is 24.9 Å². The number of hydrogen-bond donors (Lipinski definition) is 2. The number of hydrogen-bond acceptors (Lipinski definition) is 5. The molecule has 0 saturated heterocycles. The van der Waals surface area contributed by atoms with Crippen molar-refractivity contribution in [3.63, 3.8) is 0 Å². The molecule has 0 aliphatic rings. The van der Waals surface area contributed by atoms with Crippen molar-refractivity contribution in [2.45, 2.75) is 19.8 Å². The Morgan fingerprint density at radius 3 is 2.60 bits per heavy atom. The van der Waals surface area contributed by atoms with Crippen LogP contribution in [-0.4, -0.2) is 29.7 Å². The van der Waals surface area contributed by atoms with Gasteiger partial charge in [0, 0.05) is 5.92 Å². The lowest BCUT2D eigenvalue weighted by molar-refractivity contribution is -0.115. The molecule has 1 heterocycles. The summed E-state index contributed by atoms with van der Waals surface area (Å²) in [7, 11) is 1.72. The van der Waals surface area contributed by atoms with Crippen molar-refractivity contribution in [3.8, 4) is 0 Å². The van der Waals surface area contributed by atoms with E-state index in [9.17, 15) is 4.79 Å². The molecule has 0 fully saturated rings. The summed E-state index contributed by atoms with van der Waals surface area (Å²) in [6.07, 6.45) is 0. The fourth-order valence-electron chi connectivity index (χ4n) is 0.842. The van der Waals surface area contributed by atoms with Gasteiger partial charge in [0.15, 0.2) is 0 Å². The van der Waals surface area contributed by atoms with Crippen molar-refractivity contribution in [2.75, 3.05) is 18.9 Å². The zero-order valence-corrected chi connectivity index (χ0v) is 10.5. The van der Waals surface area contributed by atoms with Crippen LogP contribution in [0.1, 0.15) is 24.8 Å². The summed E-state index contributed by atoms with van der Waals surface area (Å²) in [6.45, 7) is 4.37. The van der Waals surface area contributed by atoms with Crippen LogP contribution in [0.5, 0.6) is 0 Å². The molecule has 0 unspecified atom stereocenters. The van der Waals surface area contributed by atoms with E-state index in [0.29, 0.717) is 11.0 Å². The SMILES string of the molecule is CNCC(=O)Nc1nnc(C(C)C)s1.Cl. The zero-order valence-electron chi connectivity index (χ0n) is 8.90. The van der Waals surface area contributed by atoms with Crippen molar-refractivity contribution >= 4 is 34.8 Å². The molecule has 0 aliphatic heterocycles. The van der Waals surface area contributed by atoms with Crippen LogP contribution in [0.3, 0.4) is 0 Å². The minimum atomic E-state index is -0.0982. The van der Waals surface area contributed by atoms with E-state index >= 15 is 0 Å². The Balaban J connectivity index is 0.00000196. The largest absolute Gasteiger partial charge is 0.311 e. The molecule has 0 spiro atoms. The molecule has 1 amide bonds. The van der Waals surface area contributed by atoms with E-state index in [2.05, 4.69) is 20.8 Å². The molecule has 2 N–H and O–H groups in total. The van der Waals surface area contributed by atoms with Gasteiger partial charge in [-0.1, -0.05) is 25.2 Å². The number of likely N-dealkylation sites (N-methyl/N-ethyl adjacent to an activating group) is 1. The second-order valence-electron chi connectivity index (χ2n) is 3.18. The van der Waals surface area contributed by atoms with Crippen molar-refractivity contribution in [3.05, 3.63) is 5.01 Å². The van der Waals surface area contributed by atoms with Crippen molar-refractivity contribution in [1.82, 2.24) is 15.5 Å². The van der Waals surface area contributed by atoms with E-state index in [1.807, 2.05) is 13.8 Å². The number of rotatable bonds is 4. The van der Waals surface area contributed by atoms with Crippen LogP contribution in [0, 0.1) is 0 Å². The Labute approximate surface area is 99.1 Å². The average Bonchev–Trinajstić information content (AvgIpc) is 2.53. The smallest absolute Gasteiger partial charge is 0.240 e. The lowest BCUT2D eigenvalue weighted by atomic mass is 10.2. The van der Waals surface area contributed by atoms with Crippen molar-refractivity contribution < 1.29 is 4.79 Å². The normalized spacial score (nSPS) is 9.87. The number of nitrogens with one attached hydrogen (secondary N) is 2. The van der Waals surface area contributed by atoms with Crippen LogP contribution in [0.2, 0.25) is 0 Å². The summed E-state index contributed by atoms with van der Waals surface area (Å²) >= 11 is 1.41. The molecule has 0 radical (unpaired) electrons. The third-order valence-electron chi connectivity index (χ3n) is 1.52. The predicted molar refractivity (Wildman–Crippen MR) is 63.8 cm³/mol. The van der Waals surface area contributed by atoms with E-state index in [1.165, 1.54) is 11.3 Å². The van der Waals surface area contributed by atoms with Gasteiger partial charge < -0.3 is 5.32 Å². The minimum Gasteiger partial charge on any atom is -0.311 e. The van der Waals surface area contributed by atoms with Gasteiger partial charge in [-0.3, -0.25) is 10.1 Å². The van der Waals surface area contributed by atoms with Gasteiger partial charge in [-0.2, -0.15) is 0 Å². The van der Waals surface area contributed by atoms with E-state index < -0.39 is 0 Å². The summed E-state index contributed by atoms with van der Waals surface area (Å²) in [5.41, 5.74) is 0. The topological polar surface area (TPSA) is 66.9 Å². The summed E-state index contributed by atoms with van der Waals surface area (Å²) < 4.78 is 0. The number of carbonyl (C=O) groups is 1. The number of halogens is 1. The number of anilines is 1. The number of aromatic nitrogens is 2. The Bertz CT molecular complexity index is 315. The third-order valence-corrected chi connectivity index (χ3v) is 2.66. The highest BCUT2D eigenvalue weighted by molar-refractivity contribution is 7.15. The van der Waals surface area contributed by atoms with Gasteiger partial charge in [-0.25, -0.2) is 0 Å². The highest BCUT2D eigenvalue weighted by Crippen LogP contribution is 2.21. The van der Waals surface area contributed by atoms with Gasteiger partial charge in [0.05, 0.1) is 6.54 Å². The summed E-state index contributed by atoms with van der Waals surface area (Å²) in [5, 5.41) is 14.8. The molecular formula is C8H15ClN4OS. The van der Waals surface area contributed by atoms with E-state index in [4.69, 9.17) is 0 Å². The maximum absolute atomic E-state index is 11.2. The monoisotopic (exact) mass is 250 g/mol. The first-order valence-corrected chi connectivity index (χ1v) is 5.23. The van der Waals surface area contributed by atoms with Gasteiger partial charge in [-0.15, -0.1) is 22.6 Å². The Morgan fingerprint density at radius 1 is 1.47 bits per heavy atom. The molecule has 0 aliphatic carbocycles. The second kappa shape index (κ2) is 6.71. The summed E-state index contributed by atoms with van der Waals surface area (Å²) in [6, 6.07) is 0. The second-order valence-corrected chi connectivity index (χ2v) is 4.19. The van der Waals surface area contributed by atoms with Crippen LogP contribution in [0.25, 0.3) is 0 Å². The maximum atomic E-state index is 11.2. The lowest BCUT2D eigenvalue weighted by Gasteiger charge is -1.98. The molecule has 5 nitrogen and oxygen atoms in total. The molecule has 1 rings (SSSR count). The molecule has 0 atom stereocenters. The number of nitrogens with zero attached hydrogens (tertiary/aromatic N) is 2. The number of amides is 1.